The molecule has 0 spiro atoms. The molecule has 0 saturated heterocycles. The van der Waals surface area contributed by atoms with Gasteiger partial charge >= 0.3 is 5.97 Å². The van der Waals surface area contributed by atoms with Crippen molar-refractivity contribution in [2.75, 3.05) is 5.43 Å². The standard InChI is InChI=1S/C18H12Cl2N4O3S2/c19-12-6-5-10(7-13(12)20)15-9-28-18(21-15)23-22-14(17(25)26)8-11-3-1-2-4-16(11)29-24-27/h1-7,9H,8H2,(H,21,23)(H,25,26)/b22-14+. The normalized spacial score (nSPS) is 11.3. The van der Waals surface area contributed by atoms with Crippen molar-refractivity contribution in [3.63, 3.8) is 0 Å². The first-order valence-corrected chi connectivity index (χ1v) is 10.4. The van der Waals surface area contributed by atoms with E-state index in [0.29, 0.717) is 31.3 Å². The summed E-state index contributed by atoms with van der Waals surface area (Å²) < 4.78 is 2.79. The minimum atomic E-state index is -1.18. The van der Waals surface area contributed by atoms with E-state index in [1.165, 1.54) is 11.3 Å². The van der Waals surface area contributed by atoms with Crippen LogP contribution in [0.4, 0.5) is 5.13 Å². The predicted molar refractivity (Wildman–Crippen MR) is 118 cm³/mol. The van der Waals surface area contributed by atoms with Crippen LogP contribution in [-0.2, 0) is 11.2 Å². The number of aromatic nitrogens is 1. The average molecular weight is 467 g/mol. The fourth-order valence-electron chi connectivity index (χ4n) is 2.35. The lowest BCUT2D eigenvalue weighted by Crippen LogP contribution is -2.18. The smallest absolute Gasteiger partial charge is 0.352 e. The second-order valence-electron chi connectivity index (χ2n) is 5.59. The molecule has 2 N–H and O–H groups in total. The van der Waals surface area contributed by atoms with E-state index in [1.54, 1.807) is 47.8 Å². The maximum absolute atomic E-state index is 11.6. The molecule has 0 aliphatic heterocycles. The Bertz CT molecular complexity index is 1090. The Labute approximate surface area is 183 Å². The molecule has 0 atom stereocenters. The van der Waals surface area contributed by atoms with E-state index in [1.807, 2.05) is 0 Å². The quantitative estimate of drug-likeness (QED) is 0.183. The van der Waals surface area contributed by atoms with Crippen LogP contribution in [0.15, 0.2) is 62.4 Å². The minimum absolute atomic E-state index is 0.0199. The van der Waals surface area contributed by atoms with Gasteiger partial charge in [0, 0.05) is 26.8 Å². The maximum atomic E-state index is 11.6. The Morgan fingerprint density at radius 2 is 2.00 bits per heavy atom. The van der Waals surface area contributed by atoms with E-state index in [2.05, 4.69) is 20.1 Å². The number of nitrogens with one attached hydrogen (secondary N) is 1. The summed E-state index contributed by atoms with van der Waals surface area (Å²) >= 11 is 14.0. The molecule has 0 fully saturated rings. The number of carboxylic acids is 1. The Hall–Kier alpha value is -2.46. The molecule has 29 heavy (non-hydrogen) atoms. The number of nitroso groups, excluding NO2 is 1. The fourth-order valence-corrected chi connectivity index (χ4v) is 3.79. The van der Waals surface area contributed by atoms with Gasteiger partial charge in [-0.1, -0.05) is 47.5 Å². The number of hydrogen-bond acceptors (Lipinski definition) is 8. The van der Waals surface area contributed by atoms with Crippen LogP contribution in [0.5, 0.6) is 0 Å². The summed E-state index contributed by atoms with van der Waals surface area (Å²) in [5.74, 6) is -1.18. The van der Waals surface area contributed by atoms with Gasteiger partial charge in [0.2, 0.25) is 5.13 Å². The molecule has 0 amide bonds. The molecule has 2 aromatic carbocycles. The van der Waals surface area contributed by atoms with Gasteiger partial charge in [-0.15, -0.1) is 16.2 Å². The lowest BCUT2D eigenvalue weighted by Gasteiger charge is -2.06. The number of nitrogens with zero attached hydrogens (tertiary/aromatic N) is 3. The third kappa shape index (κ3) is 5.54. The van der Waals surface area contributed by atoms with Gasteiger partial charge in [0.1, 0.15) is 5.71 Å². The van der Waals surface area contributed by atoms with Crippen LogP contribution in [0.25, 0.3) is 11.3 Å². The minimum Gasteiger partial charge on any atom is -0.477 e. The van der Waals surface area contributed by atoms with Crippen LogP contribution < -0.4 is 5.43 Å². The van der Waals surface area contributed by atoms with E-state index >= 15 is 0 Å². The van der Waals surface area contributed by atoms with E-state index in [4.69, 9.17) is 23.2 Å². The third-order valence-corrected chi connectivity index (χ3v) is 5.87. The number of hydrogen-bond donors (Lipinski definition) is 2. The summed E-state index contributed by atoms with van der Waals surface area (Å²) in [4.78, 5) is 27.1. The van der Waals surface area contributed by atoms with E-state index in [0.717, 1.165) is 17.5 Å². The van der Waals surface area contributed by atoms with Gasteiger partial charge in [0.25, 0.3) is 0 Å². The van der Waals surface area contributed by atoms with Crippen molar-refractivity contribution >= 4 is 63.3 Å². The first kappa shape index (κ1) is 21.3. The van der Waals surface area contributed by atoms with E-state index in [9.17, 15) is 14.8 Å². The van der Waals surface area contributed by atoms with Gasteiger partial charge in [-0.05, 0) is 23.8 Å². The molecule has 7 nitrogen and oxygen atoms in total. The molecule has 0 radical (unpaired) electrons. The second-order valence-corrected chi connectivity index (χ2v) is 8.04. The Morgan fingerprint density at radius 3 is 2.72 bits per heavy atom. The van der Waals surface area contributed by atoms with Crippen molar-refractivity contribution in [3.05, 3.63) is 68.4 Å². The zero-order valence-electron chi connectivity index (χ0n) is 14.5. The van der Waals surface area contributed by atoms with Crippen LogP contribution in [-0.4, -0.2) is 21.8 Å². The Morgan fingerprint density at radius 1 is 1.21 bits per heavy atom. The summed E-state index contributed by atoms with van der Waals surface area (Å²) in [6.07, 6.45) is 0.0199. The predicted octanol–water partition coefficient (Wildman–Crippen LogP) is 5.99. The van der Waals surface area contributed by atoms with E-state index in [-0.39, 0.29) is 12.1 Å². The lowest BCUT2D eigenvalue weighted by molar-refractivity contribution is -0.129. The zero-order chi connectivity index (χ0) is 20.8. The van der Waals surface area contributed by atoms with Crippen LogP contribution in [0, 0.1) is 4.91 Å². The van der Waals surface area contributed by atoms with Crippen LogP contribution in [0.3, 0.4) is 0 Å². The molecule has 0 unspecified atom stereocenters. The number of halogens is 2. The SMILES string of the molecule is O=NSc1ccccc1C/C(=N\Nc1nc(-c2ccc(Cl)c(Cl)c2)cs1)C(=O)O. The van der Waals surface area contributed by atoms with Crippen molar-refractivity contribution in [2.24, 2.45) is 9.68 Å². The first-order valence-electron chi connectivity index (χ1n) is 8.02. The van der Waals surface area contributed by atoms with Gasteiger partial charge in [-0.25, -0.2) is 9.78 Å². The molecule has 0 bridgehead atoms. The zero-order valence-corrected chi connectivity index (χ0v) is 17.6. The molecule has 3 rings (SSSR count). The van der Waals surface area contributed by atoms with Gasteiger partial charge in [0.15, 0.2) is 0 Å². The molecule has 3 aromatic rings. The molecule has 148 valence electrons. The molecule has 0 aliphatic rings. The highest BCUT2D eigenvalue weighted by Crippen LogP contribution is 2.30. The maximum Gasteiger partial charge on any atom is 0.352 e. The Kier molecular flexibility index (Phi) is 7.21. The number of aliphatic carboxylic acids is 1. The fraction of sp³-hybridized carbons (Fsp3) is 0.0556. The summed E-state index contributed by atoms with van der Waals surface area (Å²) in [5.41, 5.74) is 4.61. The van der Waals surface area contributed by atoms with Gasteiger partial charge < -0.3 is 5.11 Å². The molecule has 11 heteroatoms. The highest BCUT2D eigenvalue weighted by atomic mass is 35.5. The number of carboxylic acid groups (broad SMARTS) is 1. The molecule has 0 saturated carbocycles. The van der Waals surface area contributed by atoms with Crippen LogP contribution >= 0.6 is 46.5 Å². The van der Waals surface area contributed by atoms with Crippen molar-refractivity contribution in [2.45, 2.75) is 11.3 Å². The highest BCUT2D eigenvalue weighted by molar-refractivity contribution is 7.98. The molecule has 0 aliphatic carbocycles. The summed E-state index contributed by atoms with van der Waals surface area (Å²) in [5, 5.41) is 16.5. The molecule has 1 heterocycles. The highest BCUT2D eigenvalue weighted by Gasteiger charge is 2.14. The average Bonchev–Trinajstić information content (AvgIpc) is 3.17. The van der Waals surface area contributed by atoms with Gasteiger partial charge in [-0.2, -0.15) is 5.10 Å². The summed E-state index contributed by atoms with van der Waals surface area (Å²) in [6, 6.07) is 12.1. The largest absolute Gasteiger partial charge is 0.477 e. The van der Waals surface area contributed by atoms with Crippen molar-refractivity contribution in [3.8, 4) is 11.3 Å². The van der Waals surface area contributed by atoms with Crippen molar-refractivity contribution in [1.82, 2.24) is 4.98 Å². The van der Waals surface area contributed by atoms with Gasteiger partial charge in [0.05, 0.1) is 27.7 Å². The number of anilines is 1. The number of benzene rings is 2. The summed E-state index contributed by atoms with van der Waals surface area (Å²) in [6.45, 7) is 0. The number of rotatable bonds is 8. The second kappa shape index (κ2) is 9.84. The van der Waals surface area contributed by atoms with Crippen molar-refractivity contribution in [1.29, 1.82) is 0 Å². The summed E-state index contributed by atoms with van der Waals surface area (Å²) in [7, 11) is 0. The molecular weight excluding hydrogens is 455 g/mol. The number of thiazole rings is 1. The van der Waals surface area contributed by atoms with E-state index < -0.39 is 5.97 Å². The molecular formula is C18H12Cl2N4O3S2. The number of carbonyl (C=O) groups is 1. The Balaban J connectivity index is 1.78. The van der Waals surface area contributed by atoms with Crippen LogP contribution in [0.1, 0.15) is 5.56 Å². The molecule has 1 aromatic heterocycles. The third-order valence-electron chi connectivity index (χ3n) is 3.72. The van der Waals surface area contributed by atoms with Crippen molar-refractivity contribution < 1.29 is 9.90 Å². The first-order chi connectivity index (χ1) is 14.0. The topological polar surface area (TPSA) is 104 Å². The number of hydrazone groups is 1. The van der Waals surface area contributed by atoms with Gasteiger partial charge in [-0.3, -0.25) is 5.43 Å². The lowest BCUT2D eigenvalue weighted by atomic mass is 10.1. The van der Waals surface area contributed by atoms with Crippen LogP contribution in [0.2, 0.25) is 10.0 Å². The monoisotopic (exact) mass is 466 g/mol.